The number of hydrogen-bond acceptors (Lipinski definition) is 6. The molecule has 1 unspecified atom stereocenters. The molecule has 0 saturated heterocycles. The number of carbonyl (C=O) groups excluding carboxylic acids is 3. The van der Waals surface area contributed by atoms with Crippen molar-refractivity contribution in [1.82, 2.24) is 0 Å². The third-order valence-corrected chi connectivity index (χ3v) is 13.6. The van der Waals surface area contributed by atoms with Gasteiger partial charge in [-0.2, -0.15) is 0 Å². The zero-order valence-electron chi connectivity index (χ0n) is 43.9. The molecule has 0 rings (SSSR count). The van der Waals surface area contributed by atoms with Crippen LogP contribution in [-0.4, -0.2) is 37.2 Å². The van der Waals surface area contributed by atoms with Gasteiger partial charge in [0.2, 0.25) is 0 Å². The van der Waals surface area contributed by atoms with E-state index < -0.39 is 6.10 Å². The van der Waals surface area contributed by atoms with Gasteiger partial charge in [-0.3, -0.25) is 14.4 Å². The molecule has 6 nitrogen and oxygen atoms in total. The molecule has 0 aliphatic rings. The Bertz CT molecular complexity index is 980. The van der Waals surface area contributed by atoms with E-state index in [2.05, 4.69) is 34.6 Å². The smallest absolute Gasteiger partial charge is 0.306 e. The van der Waals surface area contributed by atoms with Gasteiger partial charge in [-0.1, -0.05) is 285 Å². The second-order valence-corrected chi connectivity index (χ2v) is 20.6. The number of unbranched alkanes of at least 4 members (excludes halogenated alkanes) is 36. The Morgan fingerprint density at radius 2 is 0.594 bits per heavy atom. The van der Waals surface area contributed by atoms with Gasteiger partial charge in [0.25, 0.3) is 0 Å². The molecule has 6 heteroatoms. The minimum absolute atomic E-state index is 0.0632. The van der Waals surface area contributed by atoms with Crippen molar-refractivity contribution in [2.24, 2.45) is 11.8 Å². The molecule has 0 aliphatic carbocycles. The molecule has 0 radical (unpaired) electrons. The van der Waals surface area contributed by atoms with Gasteiger partial charge in [-0.15, -0.1) is 0 Å². The first-order valence-corrected chi connectivity index (χ1v) is 28.8. The molecule has 0 aromatic rings. The summed E-state index contributed by atoms with van der Waals surface area (Å²) >= 11 is 0. The number of hydrogen-bond donors (Lipinski definition) is 0. The van der Waals surface area contributed by atoms with E-state index in [1.807, 2.05) is 0 Å². The molecule has 0 bridgehead atoms. The third kappa shape index (κ3) is 49.8. The van der Waals surface area contributed by atoms with Gasteiger partial charge < -0.3 is 14.2 Å². The summed E-state index contributed by atoms with van der Waals surface area (Å²) in [7, 11) is 0. The van der Waals surface area contributed by atoms with Crippen LogP contribution < -0.4 is 0 Å². The molecular weight excluding hydrogens is 793 g/mol. The minimum atomic E-state index is -0.762. The van der Waals surface area contributed by atoms with Crippen LogP contribution in [0, 0.1) is 11.8 Å². The maximum Gasteiger partial charge on any atom is 0.306 e. The monoisotopic (exact) mass is 905 g/mol. The van der Waals surface area contributed by atoms with Crippen molar-refractivity contribution in [2.45, 2.75) is 330 Å². The van der Waals surface area contributed by atoms with Crippen LogP contribution in [0.2, 0.25) is 0 Å². The van der Waals surface area contributed by atoms with Gasteiger partial charge in [0.05, 0.1) is 0 Å². The maximum atomic E-state index is 12.8. The van der Waals surface area contributed by atoms with Crippen LogP contribution in [0.1, 0.15) is 324 Å². The van der Waals surface area contributed by atoms with E-state index in [1.54, 1.807) is 0 Å². The lowest BCUT2D eigenvalue weighted by atomic mass is 9.99. The van der Waals surface area contributed by atoms with Gasteiger partial charge in [0, 0.05) is 19.3 Å². The lowest BCUT2D eigenvalue weighted by Crippen LogP contribution is -2.30. The van der Waals surface area contributed by atoms with Gasteiger partial charge in [-0.25, -0.2) is 0 Å². The molecule has 0 spiro atoms. The summed E-state index contributed by atoms with van der Waals surface area (Å²) in [6.07, 6.45) is 53.8. The molecule has 0 amide bonds. The number of esters is 3. The lowest BCUT2D eigenvalue weighted by molar-refractivity contribution is -0.167. The van der Waals surface area contributed by atoms with Crippen LogP contribution in [0.15, 0.2) is 0 Å². The predicted octanol–water partition coefficient (Wildman–Crippen LogP) is 18.9. The van der Waals surface area contributed by atoms with Crippen molar-refractivity contribution >= 4 is 17.9 Å². The van der Waals surface area contributed by atoms with E-state index in [-0.39, 0.29) is 31.1 Å². The largest absolute Gasteiger partial charge is 0.462 e. The van der Waals surface area contributed by atoms with E-state index in [4.69, 9.17) is 14.2 Å². The van der Waals surface area contributed by atoms with Crippen molar-refractivity contribution in [3.63, 3.8) is 0 Å². The summed E-state index contributed by atoms with van der Waals surface area (Å²) in [6, 6.07) is 0. The summed E-state index contributed by atoms with van der Waals surface area (Å²) in [5, 5.41) is 0. The van der Waals surface area contributed by atoms with Crippen LogP contribution in [0.5, 0.6) is 0 Å². The Morgan fingerprint density at radius 1 is 0.328 bits per heavy atom. The lowest BCUT2D eigenvalue weighted by Gasteiger charge is -2.18. The fourth-order valence-corrected chi connectivity index (χ4v) is 8.84. The van der Waals surface area contributed by atoms with E-state index in [0.717, 1.165) is 69.6 Å². The highest BCUT2D eigenvalue weighted by atomic mass is 16.6. The second-order valence-electron chi connectivity index (χ2n) is 20.6. The van der Waals surface area contributed by atoms with Crippen LogP contribution in [0.4, 0.5) is 0 Å². The van der Waals surface area contributed by atoms with E-state index in [9.17, 15) is 14.4 Å². The van der Waals surface area contributed by atoms with Gasteiger partial charge in [0.1, 0.15) is 13.2 Å². The molecular formula is C58H112O6. The van der Waals surface area contributed by atoms with Crippen molar-refractivity contribution in [3.8, 4) is 0 Å². The zero-order chi connectivity index (χ0) is 46.8. The normalized spacial score (nSPS) is 12.5. The standard InChI is InChI=1S/C58H112O6/c1-6-8-9-10-11-12-13-20-24-27-33-38-43-48-56(59)62-51-55(64-58(61)50-45-40-35-30-29-32-37-42-47-54(5)7-2)52-63-57(60)49-44-39-34-28-25-22-19-17-15-14-16-18-21-23-26-31-36-41-46-53(3)4/h53-55H,6-52H2,1-5H3/t54?,55-/m0/s1. The molecule has 0 aromatic carbocycles. The quantitative estimate of drug-likeness (QED) is 0.0344. The van der Waals surface area contributed by atoms with Crippen molar-refractivity contribution in [2.75, 3.05) is 13.2 Å². The number of ether oxygens (including phenoxy) is 3. The molecule has 0 heterocycles. The van der Waals surface area contributed by atoms with Gasteiger partial charge in [0.15, 0.2) is 6.10 Å². The van der Waals surface area contributed by atoms with E-state index >= 15 is 0 Å². The Morgan fingerprint density at radius 3 is 0.891 bits per heavy atom. The predicted molar refractivity (Wildman–Crippen MR) is 275 cm³/mol. The van der Waals surface area contributed by atoms with Crippen LogP contribution >= 0.6 is 0 Å². The molecule has 0 aromatic heterocycles. The Balaban J connectivity index is 4.22. The third-order valence-electron chi connectivity index (χ3n) is 13.6. The van der Waals surface area contributed by atoms with E-state index in [0.29, 0.717) is 19.3 Å². The van der Waals surface area contributed by atoms with Crippen LogP contribution in [0.25, 0.3) is 0 Å². The first-order valence-electron chi connectivity index (χ1n) is 28.8. The molecule has 64 heavy (non-hydrogen) atoms. The summed E-state index contributed by atoms with van der Waals surface area (Å²) in [4.78, 5) is 38.1. The summed E-state index contributed by atoms with van der Waals surface area (Å²) in [5.41, 5.74) is 0. The Labute approximate surface area is 399 Å². The molecule has 0 aliphatic heterocycles. The average molecular weight is 906 g/mol. The first kappa shape index (κ1) is 62.4. The first-order chi connectivity index (χ1) is 31.3. The fraction of sp³-hybridized carbons (Fsp3) is 0.948. The topological polar surface area (TPSA) is 78.9 Å². The number of rotatable bonds is 52. The fourth-order valence-electron chi connectivity index (χ4n) is 8.84. The second kappa shape index (κ2) is 50.8. The summed E-state index contributed by atoms with van der Waals surface area (Å²) in [6.45, 7) is 11.4. The van der Waals surface area contributed by atoms with Gasteiger partial charge in [-0.05, 0) is 31.1 Å². The zero-order valence-corrected chi connectivity index (χ0v) is 43.9. The maximum absolute atomic E-state index is 12.8. The highest BCUT2D eigenvalue weighted by Gasteiger charge is 2.19. The summed E-state index contributed by atoms with van der Waals surface area (Å²) < 4.78 is 16.9. The van der Waals surface area contributed by atoms with Crippen molar-refractivity contribution in [3.05, 3.63) is 0 Å². The van der Waals surface area contributed by atoms with Crippen LogP contribution in [-0.2, 0) is 28.6 Å². The molecule has 0 saturated carbocycles. The minimum Gasteiger partial charge on any atom is -0.462 e. The SMILES string of the molecule is CCCCCCCCCCCCCCCC(=O)OC[C@@H](COC(=O)CCCCCCCCCCCCCCCCCCCCC(C)C)OC(=O)CCCCCCCCCCC(C)CC. The Kier molecular flexibility index (Phi) is 49.6. The summed E-state index contributed by atoms with van der Waals surface area (Å²) in [5.74, 6) is 0.862. The highest BCUT2D eigenvalue weighted by molar-refractivity contribution is 5.71. The molecule has 0 fully saturated rings. The van der Waals surface area contributed by atoms with Crippen molar-refractivity contribution in [1.29, 1.82) is 0 Å². The van der Waals surface area contributed by atoms with Crippen molar-refractivity contribution < 1.29 is 28.6 Å². The number of carbonyl (C=O) groups is 3. The van der Waals surface area contributed by atoms with Gasteiger partial charge >= 0.3 is 17.9 Å². The van der Waals surface area contributed by atoms with Crippen LogP contribution in [0.3, 0.4) is 0 Å². The highest BCUT2D eigenvalue weighted by Crippen LogP contribution is 2.18. The average Bonchev–Trinajstić information content (AvgIpc) is 3.28. The Hall–Kier alpha value is -1.59. The molecule has 380 valence electrons. The molecule has 2 atom stereocenters. The van der Waals surface area contributed by atoms with E-state index in [1.165, 1.54) is 212 Å². The molecule has 0 N–H and O–H groups in total.